The number of amides is 2. The van der Waals surface area contributed by atoms with Gasteiger partial charge in [0.05, 0.1) is 0 Å². The lowest BCUT2D eigenvalue weighted by molar-refractivity contribution is -0.126. The molecule has 2 amide bonds. The van der Waals surface area contributed by atoms with Crippen LogP contribution in [0.2, 0.25) is 0 Å². The van der Waals surface area contributed by atoms with Gasteiger partial charge in [0, 0.05) is 37.2 Å². The highest BCUT2D eigenvalue weighted by atomic mass is 16.2. The molecule has 0 aromatic heterocycles. The quantitative estimate of drug-likeness (QED) is 0.690. The Morgan fingerprint density at radius 3 is 2.52 bits per heavy atom. The molecule has 0 spiro atoms. The number of hydrogen-bond acceptors (Lipinski definition) is 4. The van der Waals surface area contributed by atoms with E-state index >= 15 is 0 Å². The summed E-state index contributed by atoms with van der Waals surface area (Å²) in [4.78, 5) is 26.3. The number of nitrogens with one attached hydrogen (secondary N) is 2. The second kappa shape index (κ2) is 9.53. The second-order valence-corrected chi connectivity index (χ2v) is 7.10. The lowest BCUT2D eigenvalue weighted by atomic mass is 9.85. The Balaban J connectivity index is 1.77. The second-order valence-electron chi connectivity index (χ2n) is 7.10. The van der Waals surface area contributed by atoms with Crippen LogP contribution in [0.5, 0.6) is 0 Å². The van der Waals surface area contributed by atoms with E-state index in [1.54, 1.807) is 12.1 Å². The average Bonchev–Trinajstić information content (AvgIpc) is 2.59. The van der Waals surface area contributed by atoms with Gasteiger partial charge in [-0.3, -0.25) is 9.59 Å². The maximum atomic E-state index is 12.2. The monoisotopic (exact) mass is 346 g/mol. The SMILES string of the molecule is CN(C)CCNC(=O)c1ccc(CNC(=O)C2CCCC(N)C2)cc1. The van der Waals surface area contributed by atoms with Crippen LogP contribution >= 0.6 is 0 Å². The molecule has 0 saturated heterocycles. The van der Waals surface area contributed by atoms with Gasteiger partial charge in [-0.1, -0.05) is 18.6 Å². The van der Waals surface area contributed by atoms with Crippen molar-refractivity contribution in [3.8, 4) is 0 Å². The highest BCUT2D eigenvalue weighted by molar-refractivity contribution is 5.94. The smallest absolute Gasteiger partial charge is 0.251 e. The highest BCUT2D eigenvalue weighted by Crippen LogP contribution is 2.23. The van der Waals surface area contributed by atoms with Crippen LogP contribution in [0, 0.1) is 5.92 Å². The molecule has 0 aliphatic heterocycles. The van der Waals surface area contributed by atoms with Crippen molar-refractivity contribution in [2.24, 2.45) is 11.7 Å². The van der Waals surface area contributed by atoms with Crippen LogP contribution < -0.4 is 16.4 Å². The Morgan fingerprint density at radius 2 is 1.88 bits per heavy atom. The topological polar surface area (TPSA) is 87.5 Å². The van der Waals surface area contributed by atoms with Crippen molar-refractivity contribution in [1.29, 1.82) is 0 Å². The van der Waals surface area contributed by atoms with E-state index < -0.39 is 0 Å². The van der Waals surface area contributed by atoms with E-state index in [0.29, 0.717) is 18.7 Å². The highest BCUT2D eigenvalue weighted by Gasteiger charge is 2.24. The molecular weight excluding hydrogens is 316 g/mol. The Labute approximate surface area is 150 Å². The summed E-state index contributed by atoms with van der Waals surface area (Å²) in [5, 5.41) is 5.87. The van der Waals surface area contributed by atoms with Crippen LogP contribution in [0.15, 0.2) is 24.3 Å². The number of carbonyl (C=O) groups is 2. The number of nitrogens with two attached hydrogens (primary N) is 1. The minimum atomic E-state index is -0.0753. The van der Waals surface area contributed by atoms with Crippen LogP contribution in [-0.4, -0.2) is 49.9 Å². The molecule has 4 N–H and O–H groups in total. The summed E-state index contributed by atoms with van der Waals surface area (Å²) in [6, 6.07) is 7.50. The van der Waals surface area contributed by atoms with Crippen molar-refractivity contribution < 1.29 is 9.59 Å². The van der Waals surface area contributed by atoms with Gasteiger partial charge in [0.25, 0.3) is 5.91 Å². The first-order valence-electron chi connectivity index (χ1n) is 9.01. The Bertz CT molecular complexity index is 571. The van der Waals surface area contributed by atoms with Gasteiger partial charge in [-0.15, -0.1) is 0 Å². The Kier molecular flexibility index (Phi) is 7.40. The minimum absolute atomic E-state index is 0.0329. The van der Waals surface area contributed by atoms with E-state index in [1.807, 2.05) is 31.1 Å². The molecule has 138 valence electrons. The summed E-state index contributed by atoms with van der Waals surface area (Å²) in [6.45, 7) is 1.90. The summed E-state index contributed by atoms with van der Waals surface area (Å²) >= 11 is 0. The molecule has 1 fully saturated rings. The summed E-state index contributed by atoms with van der Waals surface area (Å²) in [6.07, 6.45) is 3.74. The fourth-order valence-electron chi connectivity index (χ4n) is 3.07. The first-order valence-corrected chi connectivity index (χ1v) is 9.01. The van der Waals surface area contributed by atoms with E-state index in [0.717, 1.165) is 37.8 Å². The van der Waals surface area contributed by atoms with Crippen LogP contribution in [0.4, 0.5) is 0 Å². The van der Waals surface area contributed by atoms with Gasteiger partial charge in [0.15, 0.2) is 0 Å². The molecule has 0 bridgehead atoms. The summed E-state index contributed by atoms with van der Waals surface area (Å²) < 4.78 is 0. The maximum absolute atomic E-state index is 12.2. The van der Waals surface area contributed by atoms with E-state index in [2.05, 4.69) is 10.6 Å². The fraction of sp³-hybridized carbons (Fsp3) is 0.579. The Hall–Kier alpha value is -1.92. The summed E-state index contributed by atoms with van der Waals surface area (Å²) in [5.74, 6) is 0.0415. The molecule has 2 rings (SSSR count). The molecule has 1 aromatic carbocycles. The lowest BCUT2D eigenvalue weighted by Gasteiger charge is -2.25. The molecular formula is C19H30N4O2. The predicted molar refractivity (Wildman–Crippen MR) is 99.1 cm³/mol. The third-order valence-corrected chi connectivity index (χ3v) is 4.61. The first kappa shape index (κ1) is 19.4. The van der Waals surface area contributed by atoms with Crippen molar-refractivity contribution in [3.63, 3.8) is 0 Å². The zero-order chi connectivity index (χ0) is 18.2. The number of rotatable bonds is 7. The average molecular weight is 346 g/mol. The molecule has 6 heteroatoms. The third-order valence-electron chi connectivity index (χ3n) is 4.61. The number of benzene rings is 1. The number of carbonyl (C=O) groups excluding carboxylic acids is 2. The largest absolute Gasteiger partial charge is 0.352 e. The van der Waals surface area contributed by atoms with Crippen molar-refractivity contribution in [2.45, 2.75) is 38.3 Å². The van der Waals surface area contributed by atoms with Crippen molar-refractivity contribution in [3.05, 3.63) is 35.4 Å². The van der Waals surface area contributed by atoms with Gasteiger partial charge in [-0.2, -0.15) is 0 Å². The van der Waals surface area contributed by atoms with Crippen molar-refractivity contribution in [1.82, 2.24) is 15.5 Å². The molecule has 25 heavy (non-hydrogen) atoms. The van der Waals surface area contributed by atoms with Crippen LogP contribution in [-0.2, 0) is 11.3 Å². The number of nitrogens with zero attached hydrogens (tertiary/aromatic N) is 1. The zero-order valence-electron chi connectivity index (χ0n) is 15.3. The van der Waals surface area contributed by atoms with Crippen molar-refractivity contribution in [2.75, 3.05) is 27.2 Å². The standard InChI is InChI=1S/C19H30N4O2/c1-23(2)11-10-21-18(24)15-8-6-14(7-9-15)13-22-19(25)16-4-3-5-17(20)12-16/h6-9,16-17H,3-5,10-13,20H2,1-2H3,(H,21,24)(H,22,25). The van der Waals surface area contributed by atoms with Crippen LogP contribution in [0.25, 0.3) is 0 Å². The molecule has 1 aliphatic rings. The maximum Gasteiger partial charge on any atom is 0.251 e. The molecule has 1 aromatic rings. The summed E-state index contributed by atoms with van der Waals surface area (Å²) in [7, 11) is 3.94. The first-order chi connectivity index (χ1) is 12.0. The van der Waals surface area contributed by atoms with E-state index in [4.69, 9.17) is 5.73 Å². The van der Waals surface area contributed by atoms with Crippen LogP contribution in [0.1, 0.15) is 41.6 Å². The summed E-state index contributed by atoms with van der Waals surface area (Å²) in [5.41, 5.74) is 7.56. The normalized spacial score (nSPS) is 20.3. The zero-order valence-corrected chi connectivity index (χ0v) is 15.3. The van der Waals surface area contributed by atoms with Crippen LogP contribution in [0.3, 0.4) is 0 Å². The molecule has 0 radical (unpaired) electrons. The van der Waals surface area contributed by atoms with Gasteiger partial charge in [-0.05, 0) is 51.1 Å². The molecule has 2 atom stereocenters. The number of hydrogen-bond donors (Lipinski definition) is 3. The molecule has 2 unspecified atom stereocenters. The molecule has 1 saturated carbocycles. The lowest BCUT2D eigenvalue weighted by Crippen LogP contribution is -2.37. The molecule has 1 aliphatic carbocycles. The van der Waals surface area contributed by atoms with Crippen molar-refractivity contribution >= 4 is 11.8 Å². The predicted octanol–water partition coefficient (Wildman–Crippen LogP) is 1.11. The van der Waals surface area contributed by atoms with E-state index in [-0.39, 0.29) is 23.8 Å². The molecule has 0 heterocycles. The third kappa shape index (κ3) is 6.48. The van der Waals surface area contributed by atoms with E-state index in [1.165, 1.54) is 0 Å². The Morgan fingerprint density at radius 1 is 1.16 bits per heavy atom. The van der Waals surface area contributed by atoms with Gasteiger partial charge in [0.2, 0.25) is 5.91 Å². The van der Waals surface area contributed by atoms with Gasteiger partial charge in [-0.25, -0.2) is 0 Å². The van der Waals surface area contributed by atoms with Gasteiger partial charge >= 0.3 is 0 Å². The van der Waals surface area contributed by atoms with Gasteiger partial charge in [0.1, 0.15) is 0 Å². The molecule has 6 nitrogen and oxygen atoms in total. The van der Waals surface area contributed by atoms with E-state index in [9.17, 15) is 9.59 Å². The number of likely N-dealkylation sites (N-methyl/N-ethyl adjacent to an activating group) is 1. The minimum Gasteiger partial charge on any atom is -0.352 e. The fourth-order valence-corrected chi connectivity index (χ4v) is 3.07. The van der Waals surface area contributed by atoms with Gasteiger partial charge < -0.3 is 21.3 Å².